The summed E-state index contributed by atoms with van der Waals surface area (Å²) in [5.74, 6) is 0. The monoisotopic (exact) mass is 337 g/mol. The van der Waals surface area contributed by atoms with E-state index in [1.54, 1.807) is 6.20 Å². The summed E-state index contributed by atoms with van der Waals surface area (Å²) in [5.41, 5.74) is 2.99. The molecule has 1 aromatic carbocycles. The number of anilines is 1. The van der Waals surface area contributed by atoms with Crippen LogP contribution in [0.15, 0.2) is 48.8 Å². The largest absolute Gasteiger partial charge is 0.377 e. The molecule has 0 radical (unpaired) electrons. The molecule has 0 amide bonds. The van der Waals surface area contributed by atoms with Gasteiger partial charge in [-0.25, -0.2) is 4.68 Å². The van der Waals surface area contributed by atoms with Crippen LogP contribution in [-0.2, 0) is 0 Å². The fraction of sp³-hybridized carbons (Fsp3) is 0.133. The van der Waals surface area contributed by atoms with E-state index < -0.39 is 0 Å². The van der Waals surface area contributed by atoms with Crippen molar-refractivity contribution >= 4 is 40.2 Å². The predicted molar refractivity (Wildman–Crippen MR) is 89.9 cm³/mol. The molecule has 0 saturated carbocycles. The number of thiophene rings is 1. The Labute approximate surface area is 137 Å². The average Bonchev–Trinajstić information content (AvgIpc) is 3.09. The highest BCUT2D eigenvalue weighted by Gasteiger charge is 2.15. The number of nitrogens with zero attached hydrogens (tertiary/aromatic N) is 2. The smallest absolute Gasteiger partial charge is 0.0996 e. The summed E-state index contributed by atoms with van der Waals surface area (Å²) in [6, 6.07) is 11.9. The van der Waals surface area contributed by atoms with Gasteiger partial charge in [-0.2, -0.15) is 5.10 Å². The van der Waals surface area contributed by atoms with E-state index in [1.165, 1.54) is 11.3 Å². The van der Waals surface area contributed by atoms with E-state index in [4.69, 9.17) is 23.2 Å². The molecule has 2 heterocycles. The molecule has 3 rings (SSSR count). The molecule has 0 aliphatic rings. The Morgan fingerprint density at radius 3 is 2.71 bits per heavy atom. The lowest BCUT2D eigenvalue weighted by molar-refractivity contribution is 0.856. The van der Waals surface area contributed by atoms with Gasteiger partial charge in [0.25, 0.3) is 0 Å². The Balaban J connectivity index is 1.90. The maximum absolute atomic E-state index is 6.22. The summed E-state index contributed by atoms with van der Waals surface area (Å²) in [6.07, 6.45) is 3.68. The van der Waals surface area contributed by atoms with E-state index in [2.05, 4.69) is 17.3 Å². The first-order valence-corrected chi connectivity index (χ1v) is 8.02. The highest BCUT2D eigenvalue weighted by molar-refractivity contribution is 7.20. The van der Waals surface area contributed by atoms with Gasteiger partial charge in [-0.3, -0.25) is 0 Å². The molecule has 1 unspecified atom stereocenters. The van der Waals surface area contributed by atoms with Crippen molar-refractivity contribution < 1.29 is 0 Å². The van der Waals surface area contributed by atoms with Gasteiger partial charge >= 0.3 is 0 Å². The van der Waals surface area contributed by atoms with Crippen LogP contribution < -0.4 is 5.32 Å². The maximum Gasteiger partial charge on any atom is 0.0996 e. The third-order valence-electron chi connectivity index (χ3n) is 3.18. The van der Waals surface area contributed by atoms with Crippen molar-refractivity contribution in [3.63, 3.8) is 0 Å². The Morgan fingerprint density at radius 2 is 2.05 bits per heavy atom. The van der Waals surface area contributed by atoms with E-state index in [1.807, 2.05) is 47.3 Å². The molecule has 0 aliphatic heterocycles. The SMILES string of the molecule is CC(Nc1ccccc1-n1cccn1)c1cc(Cl)sc1Cl. The highest BCUT2D eigenvalue weighted by Crippen LogP contribution is 2.36. The number of rotatable bonds is 4. The second kappa shape index (κ2) is 6.10. The number of nitrogens with one attached hydrogen (secondary N) is 1. The quantitative estimate of drug-likeness (QED) is 0.689. The molecule has 0 spiro atoms. The van der Waals surface area contributed by atoms with Gasteiger partial charge in [0.1, 0.15) is 0 Å². The fourth-order valence-electron chi connectivity index (χ4n) is 2.17. The van der Waals surface area contributed by atoms with Crippen LogP contribution in [0.1, 0.15) is 18.5 Å². The van der Waals surface area contributed by atoms with E-state index in [9.17, 15) is 0 Å². The third kappa shape index (κ3) is 3.07. The Bertz CT molecular complexity index is 737. The fourth-order valence-corrected chi connectivity index (χ4v) is 3.81. The summed E-state index contributed by atoms with van der Waals surface area (Å²) >= 11 is 13.6. The minimum absolute atomic E-state index is 0.0537. The molecule has 0 fully saturated rings. The molecule has 0 saturated heterocycles. The first-order chi connectivity index (χ1) is 10.1. The van der Waals surface area contributed by atoms with E-state index >= 15 is 0 Å². The molecule has 0 bridgehead atoms. The molecular weight excluding hydrogens is 325 g/mol. The van der Waals surface area contributed by atoms with Crippen LogP contribution in [0.3, 0.4) is 0 Å². The minimum Gasteiger partial charge on any atom is -0.377 e. The minimum atomic E-state index is 0.0537. The molecule has 3 aromatic rings. The van der Waals surface area contributed by atoms with Crippen molar-refractivity contribution in [1.82, 2.24) is 9.78 Å². The van der Waals surface area contributed by atoms with E-state index in [0.29, 0.717) is 4.34 Å². The Morgan fingerprint density at radius 1 is 1.24 bits per heavy atom. The second-order valence-corrected chi connectivity index (χ2v) is 6.90. The number of halogens is 2. The summed E-state index contributed by atoms with van der Waals surface area (Å²) in [6.45, 7) is 2.06. The number of benzene rings is 1. The molecule has 1 atom stereocenters. The first-order valence-electron chi connectivity index (χ1n) is 6.45. The first kappa shape index (κ1) is 14.4. The van der Waals surface area contributed by atoms with Crippen LogP contribution in [0, 0.1) is 0 Å². The van der Waals surface area contributed by atoms with Crippen molar-refractivity contribution in [2.75, 3.05) is 5.32 Å². The zero-order chi connectivity index (χ0) is 14.8. The second-order valence-electron chi connectivity index (χ2n) is 4.61. The topological polar surface area (TPSA) is 29.9 Å². The van der Waals surface area contributed by atoms with Crippen molar-refractivity contribution in [3.05, 3.63) is 63.0 Å². The molecule has 108 valence electrons. The zero-order valence-electron chi connectivity index (χ0n) is 11.3. The zero-order valence-corrected chi connectivity index (χ0v) is 13.6. The van der Waals surface area contributed by atoms with Gasteiger partial charge in [0, 0.05) is 18.0 Å². The van der Waals surface area contributed by atoms with Gasteiger partial charge in [-0.05, 0) is 31.2 Å². The summed E-state index contributed by atoms with van der Waals surface area (Å²) in [4.78, 5) is 0. The van der Waals surface area contributed by atoms with Crippen molar-refractivity contribution in [3.8, 4) is 5.69 Å². The number of hydrogen-bond donors (Lipinski definition) is 1. The van der Waals surface area contributed by atoms with Crippen LogP contribution in [-0.4, -0.2) is 9.78 Å². The van der Waals surface area contributed by atoms with E-state index in [-0.39, 0.29) is 6.04 Å². The molecule has 1 N–H and O–H groups in total. The van der Waals surface area contributed by atoms with Crippen molar-refractivity contribution in [2.24, 2.45) is 0 Å². The molecule has 6 heteroatoms. The molecule has 2 aromatic heterocycles. The average molecular weight is 338 g/mol. The lowest BCUT2D eigenvalue weighted by atomic mass is 10.1. The van der Waals surface area contributed by atoms with Crippen molar-refractivity contribution in [1.29, 1.82) is 0 Å². The van der Waals surface area contributed by atoms with Crippen LogP contribution in [0.5, 0.6) is 0 Å². The summed E-state index contributed by atoms with van der Waals surface area (Å²) in [5, 5.41) is 7.75. The lowest BCUT2D eigenvalue weighted by Gasteiger charge is -2.17. The van der Waals surface area contributed by atoms with Gasteiger partial charge in [0.15, 0.2) is 0 Å². The predicted octanol–water partition coefficient (Wildman–Crippen LogP) is 5.41. The van der Waals surface area contributed by atoms with Gasteiger partial charge in [0.05, 0.1) is 26.1 Å². The van der Waals surface area contributed by atoms with Crippen LogP contribution in [0.2, 0.25) is 8.67 Å². The standard InChI is InChI=1S/C15H13Cl2N3S/c1-10(11-9-14(16)21-15(11)17)19-12-5-2-3-6-13(12)20-8-4-7-18-20/h2-10,19H,1H3. The molecular formula is C15H13Cl2N3S. The van der Waals surface area contributed by atoms with Gasteiger partial charge in [-0.15, -0.1) is 11.3 Å². The molecule has 3 nitrogen and oxygen atoms in total. The van der Waals surface area contributed by atoms with Crippen LogP contribution in [0.4, 0.5) is 5.69 Å². The van der Waals surface area contributed by atoms with Crippen molar-refractivity contribution in [2.45, 2.75) is 13.0 Å². The van der Waals surface area contributed by atoms with Gasteiger partial charge < -0.3 is 5.32 Å². The number of para-hydroxylation sites is 2. The molecule has 0 aliphatic carbocycles. The summed E-state index contributed by atoms with van der Waals surface area (Å²) in [7, 11) is 0. The summed E-state index contributed by atoms with van der Waals surface area (Å²) < 4.78 is 3.25. The Kier molecular flexibility index (Phi) is 4.19. The van der Waals surface area contributed by atoms with Gasteiger partial charge in [0.2, 0.25) is 0 Å². The molecule has 21 heavy (non-hydrogen) atoms. The number of aromatic nitrogens is 2. The highest BCUT2D eigenvalue weighted by atomic mass is 35.5. The maximum atomic E-state index is 6.22. The normalized spacial score (nSPS) is 12.3. The van der Waals surface area contributed by atoms with Gasteiger partial charge in [-0.1, -0.05) is 35.3 Å². The lowest BCUT2D eigenvalue weighted by Crippen LogP contribution is -2.09. The van der Waals surface area contributed by atoms with E-state index in [0.717, 1.165) is 21.3 Å². The Hall–Kier alpha value is -1.49. The van der Waals surface area contributed by atoms with Crippen LogP contribution in [0.25, 0.3) is 5.69 Å². The third-order valence-corrected chi connectivity index (χ3v) is 4.69. The number of hydrogen-bond acceptors (Lipinski definition) is 3. The van der Waals surface area contributed by atoms with Crippen LogP contribution >= 0.6 is 34.5 Å².